The molecular weight excluding hydrogens is 268 g/mol. The molecule has 114 valence electrons. The van der Waals surface area contributed by atoms with Gasteiger partial charge in [0.05, 0.1) is 20.3 Å². The van der Waals surface area contributed by atoms with Crippen molar-refractivity contribution in [1.82, 2.24) is 0 Å². The third-order valence-electron chi connectivity index (χ3n) is 3.58. The van der Waals surface area contributed by atoms with Gasteiger partial charge in [-0.2, -0.15) is 0 Å². The fraction of sp³-hybridized carbons (Fsp3) is 0.412. The van der Waals surface area contributed by atoms with Crippen molar-refractivity contribution < 1.29 is 18.9 Å². The van der Waals surface area contributed by atoms with Gasteiger partial charge in [0.2, 0.25) is 0 Å². The molecule has 0 aliphatic carbocycles. The van der Waals surface area contributed by atoms with Gasteiger partial charge in [-0.05, 0) is 42.8 Å². The van der Waals surface area contributed by atoms with Gasteiger partial charge in [-0.15, -0.1) is 0 Å². The quantitative estimate of drug-likeness (QED) is 0.755. The van der Waals surface area contributed by atoms with E-state index in [2.05, 4.69) is 0 Å². The van der Waals surface area contributed by atoms with Crippen LogP contribution < -0.4 is 9.47 Å². The molecule has 0 amide bonds. The van der Waals surface area contributed by atoms with Crippen molar-refractivity contribution in [3.63, 3.8) is 0 Å². The molecule has 0 spiro atoms. The van der Waals surface area contributed by atoms with Crippen LogP contribution >= 0.6 is 0 Å². The number of rotatable bonds is 6. The van der Waals surface area contributed by atoms with Gasteiger partial charge >= 0.3 is 0 Å². The maximum Gasteiger partial charge on any atom is 0.155 e. The zero-order valence-corrected chi connectivity index (χ0v) is 13.2. The minimum atomic E-state index is -0.287. The Balaban J connectivity index is 2.56. The molecule has 21 heavy (non-hydrogen) atoms. The molecule has 2 unspecified atom stereocenters. The summed E-state index contributed by atoms with van der Waals surface area (Å²) in [7, 11) is 4.95. The molecule has 0 fully saturated rings. The number of ether oxygens (including phenoxy) is 4. The van der Waals surface area contributed by atoms with E-state index in [0.717, 1.165) is 27.8 Å². The molecule has 0 saturated carbocycles. The number of hydrogen-bond donors (Lipinski definition) is 0. The smallest absolute Gasteiger partial charge is 0.155 e. The molecule has 0 N–H and O–H groups in total. The summed E-state index contributed by atoms with van der Waals surface area (Å²) in [6.07, 6.45) is -0.448. The maximum absolute atomic E-state index is 5.87. The van der Waals surface area contributed by atoms with Crippen LogP contribution in [0.1, 0.15) is 25.5 Å². The van der Waals surface area contributed by atoms with Crippen LogP contribution in [0.25, 0.3) is 10.8 Å². The highest BCUT2D eigenvalue weighted by Gasteiger charge is 2.18. The molecule has 4 nitrogen and oxygen atoms in total. The van der Waals surface area contributed by atoms with E-state index in [4.69, 9.17) is 18.9 Å². The number of fused-ring (bicyclic) bond motifs is 1. The van der Waals surface area contributed by atoms with Gasteiger partial charge in [-0.25, -0.2) is 0 Å². The number of methoxy groups -OCH3 is 3. The second-order valence-electron chi connectivity index (χ2n) is 4.85. The molecule has 0 aromatic heterocycles. The SMILES string of the molecule is COc1ccc2ccc(OC)c(C(C)OC(C)OC)c2c1. The van der Waals surface area contributed by atoms with E-state index < -0.39 is 0 Å². The van der Waals surface area contributed by atoms with Gasteiger partial charge in [0, 0.05) is 12.7 Å². The Labute approximate surface area is 125 Å². The normalized spacial score (nSPS) is 14.0. The number of benzene rings is 2. The summed E-state index contributed by atoms with van der Waals surface area (Å²) in [5.41, 5.74) is 0.998. The second kappa shape index (κ2) is 6.78. The van der Waals surface area contributed by atoms with Gasteiger partial charge in [0.15, 0.2) is 6.29 Å². The first kappa shape index (κ1) is 15.6. The Morgan fingerprint density at radius 2 is 1.62 bits per heavy atom. The van der Waals surface area contributed by atoms with Gasteiger partial charge in [-0.1, -0.05) is 12.1 Å². The van der Waals surface area contributed by atoms with Crippen molar-refractivity contribution in [3.05, 3.63) is 35.9 Å². The molecule has 2 rings (SSSR count). The zero-order valence-electron chi connectivity index (χ0n) is 13.2. The largest absolute Gasteiger partial charge is 0.497 e. The zero-order chi connectivity index (χ0) is 15.4. The maximum atomic E-state index is 5.87. The topological polar surface area (TPSA) is 36.9 Å². The van der Waals surface area contributed by atoms with Crippen molar-refractivity contribution in [2.45, 2.75) is 26.2 Å². The molecule has 0 saturated heterocycles. The average Bonchev–Trinajstić information content (AvgIpc) is 2.52. The molecule has 0 bridgehead atoms. The van der Waals surface area contributed by atoms with Gasteiger partial charge in [0.1, 0.15) is 11.5 Å². The third kappa shape index (κ3) is 3.28. The van der Waals surface area contributed by atoms with Crippen LogP contribution in [0, 0.1) is 0 Å². The van der Waals surface area contributed by atoms with Crippen molar-refractivity contribution in [2.24, 2.45) is 0 Å². The van der Waals surface area contributed by atoms with Gasteiger partial charge < -0.3 is 18.9 Å². The molecule has 2 aromatic carbocycles. The van der Waals surface area contributed by atoms with Crippen LogP contribution in [-0.2, 0) is 9.47 Å². The molecule has 4 heteroatoms. The highest BCUT2D eigenvalue weighted by Crippen LogP contribution is 2.36. The van der Waals surface area contributed by atoms with Gasteiger partial charge in [0.25, 0.3) is 0 Å². The van der Waals surface area contributed by atoms with Crippen molar-refractivity contribution >= 4 is 10.8 Å². The van der Waals surface area contributed by atoms with E-state index in [1.165, 1.54) is 0 Å². The van der Waals surface area contributed by atoms with E-state index >= 15 is 0 Å². The fourth-order valence-electron chi connectivity index (χ4n) is 2.44. The second-order valence-corrected chi connectivity index (χ2v) is 4.85. The first-order chi connectivity index (χ1) is 10.1. The van der Waals surface area contributed by atoms with Crippen molar-refractivity contribution in [2.75, 3.05) is 21.3 Å². The van der Waals surface area contributed by atoms with Crippen molar-refractivity contribution in [3.8, 4) is 11.5 Å². The number of hydrogen-bond acceptors (Lipinski definition) is 4. The lowest BCUT2D eigenvalue weighted by atomic mass is 9.99. The third-order valence-corrected chi connectivity index (χ3v) is 3.58. The minimum Gasteiger partial charge on any atom is -0.497 e. The lowest BCUT2D eigenvalue weighted by Crippen LogP contribution is -2.14. The Morgan fingerprint density at radius 1 is 0.905 bits per heavy atom. The van der Waals surface area contributed by atoms with E-state index in [0.29, 0.717) is 0 Å². The molecular formula is C17H22O4. The Kier molecular flexibility index (Phi) is 5.04. The van der Waals surface area contributed by atoms with Crippen molar-refractivity contribution in [1.29, 1.82) is 0 Å². The van der Waals surface area contributed by atoms with E-state index in [1.807, 2.05) is 44.2 Å². The van der Waals surface area contributed by atoms with Crippen LogP contribution in [0.4, 0.5) is 0 Å². The van der Waals surface area contributed by atoms with Crippen LogP contribution in [0.2, 0.25) is 0 Å². The van der Waals surface area contributed by atoms with Crippen LogP contribution in [0.5, 0.6) is 11.5 Å². The Bertz CT molecular complexity index is 604. The summed E-state index contributed by atoms with van der Waals surface area (Å²) in [6, 6.07) is 9.97. The first-order valence-electron chi connectivity index (χ1n) is 6.93. The Hall–Kier alpha value is -1.78. The monoisotopic (exact) mass is 290 g/mol. The summed E-state index contributed by atoms with van der Waals surface area (Å²) < 4.78 is 21.9. The lowest BCUT2D eigenvalue weighted by Gasteiger charge is -2.22. The molecule has 2 atom stereocenters. The summed E-state index contributed by atoms with van der Waals surface area (Å²) in [5.74, 6) is 1.61. The predicted octanol–water partition coefficient (Wildman–Crippen LogP) is 3.93. The van der Waals surface area contributed by atoms with Crippen LogP contribution in [0.3, 0.4) is 0 Å². The van der Waals surface area contributed by atoms with Crippen LogP contribution in [0.15, 0.2) is 30.3 Å². The molecule has 0 aliphatic rings. The van der Waals surface area contributed by atoms with Crippen LogP contribution in [-0.4, -0.2) is 27.6 Å². The molecule has 2 aromatic rings. The van der Waals surface area contributed by atoms with E-state index in [9.17, 15) is 0 Å². The average molecular weight is 290 g/mol. The molecule has 0 radical (unpaired) electrons. The van der Waals surface area contributed by atoms with E-state index in [-0.39, 0.29) is 12.4 Å². The highest BCUT2D eigenvalue weighted by atomic mass is 16.7. The fourth-order valence-corrected chi connectivity index (χ4v) is 2.44. The summed E-state index contributed by atoms with van der Waals surface area (Å²) in [6.45, 7) is 3.86. The summed E-state index contributed by atoms with van der Waals surface area (Å²) in [5, 5.41) is 2.18. The predicted molar refractivity (Wildman–Crippen MR) is 83.0 cm³/mol. The molecule has 0 aliphatic heterocycles. The lowest BCUT2D eigenvalue weighted by molar-refractivity contribution is -0.140. The summed E-state index contributed by atoms with van der Waals surface area (Å²) >= 11 is 0. The highest BCUT2D eigenvalue weighted by molar-refractivity contribution is 5.89. The Morgan fingerprint density at radius 3 is 2.24 bits per heavy atom. The molecule has 0 heterocycles. The van der Waals surface area contributed by atoms with Gasteiger partial charge in [-0.3, -0.25) is 0 Å². The standard InChI is InChI=1S/C17H22O4/c1-11(21-12(2)18-3)17-15-10-14(19-4)8-6-13(15)7-9-16(17)20-5/h6-12H,1-5H3. The van der Waals surface area contributed by atoms with E-state index in [1.54, 1.807) is 21.3 Å². The summed E-state index contributed by atoms with van der Waals surface area (Å²) in [4.78, 5) is 0. The first-order valence-corrected chi connectivity index (χ1v) is 6.93. The minimum absolute atomic E-state index is 0.161.